The largest absolute Gasteiger partial charge is 0.398 e. The fourth-order valence-corrected chi connectivity index (χ4v) is 11.5. The van der Waals surface area contributed by atoms with Gasteiger partial charge in [0.1, 0.15) is 0 Å². The smallest absolute Gasteiger partial charge is 0.194 e. The summed E-state index contributed by atoms with van der Waals surface area (Å²) in [5.41, 5.74) is 23.2. The van der Waals surface area contributed by atoms with E-state index in [9.17, 15) is 14.4 Å². The van der Waals surface area contributed by atoms with Crippen molar-refractivity contribution in [2.24, 2.45) is 0 Å². The molecule has 0 aliphatic heterocycles. The van der Waals surface area contributed by atoms with Gasteiger partial charge in [0, 0.05) is 90.9 Å². The molecule has 7 heteroatoms. The lowest BCUT2D eigenvalue weighted by molar-refractivity contribution is -0.113. The van der Waals surface area contributed by atoms with Gasteiger partial charge < -0.3 is 19.4 Å². The summed E-state index contributed by atoms with van der Waals surface area (Å²) in [4.78, 5) is 39.3. The molecule has 0 radical (unpaired) electrons. The molecule has 0 saturated heterocycles. The molecule has 416 valence electrons. The van der Waals surface area contributed by atoms with E-state index in [1.165, 1.54) is 44.4 Å². The fourth-order valence-electron chi connectivity index (χ4n) is 11.5. The Bertz CT molecular complexity index is 4390. The minimum Gasteiger partial charge on any atom is -0.398 e. The molecule has 3 heterocycles. The van der Waals surface area contributed by atoms with Gasteiger partial charge in [0.2, 0.25) is 0 Å². The number of rotatable bonds is 10. The number of aromatic nitrogens is 3. The predicted octanol–water partition coefficient (Wildman–Crippen LogP) is 19.4. The molecule has 0 fully saturated rings. The summed E-state index contributed by atoms with van der Waals surface area (Å²) in [6.45, 7) is 16.4. The second-order valence-corrected chi connectivity index (χ2v) is 21.4. The number of nitrogen functional groups attached to an aromatic ring is 1. The van der Waals surface area contributed by atoms with Crippen LogP contribution in [0.1, 0.15) is 76.6 Å². The van der Waals surface area contributed by atoms with E-state index in [-0.39, 0.29) is 17.3 Å². The van der Waals surface area contributed by atoms with Crippen molar-refractivity contribution in [1.82, 2.24) is 13.7 Å². The quantitative estimate of drug-likeness (QED) is 0.0839. The molecule has 85 heavy (non-hydrogen) atoms. The molecular weight excluding hydrogens is 1040 g/mol. The number of aryl methyl sites for hydroxylation is 1. The van der Waals surface area contributed by atoms with Crippen molar-refractivity contribution in [3.05, 3.63) is 301 Å². The molecular formula is C78H66N4O3. The summed E-state index contributed by atoms with van der Waals surface area (Å²) >= 11 is 0. The number of hydrogen-bond acceptors (Lipinski definition) is 4. The van der Waals surface area contributed by atoms with Crippen LogP contribution in [0, 0.1) is 6.92 Å². The van der Waals surface area contributed by atoms with E-state index in [1.54, 1.807) is 12.2 Å². The van der Waals surface area contributed by atoms with Crippen LogP contribution >= 0.6 is 0 Å². The molecule has 0 atom stereocenters. The summed E-state index contributed by atoms with van der Waals surface area (Å²) in [6.07, 6.45) is 8.93. The highest BCUT2D eigenvalue weighted by atomic mass is 16.1. The van der Waals surface area contributed by atoms with Crippen LogP contribution in [0.5, 0.6) is 0 Å². The van der Waals surface area contributed by atoms with Gasteiger partial charge in [-0.25, -0.2) is 0 Å². The predicted molar refractivity (Wildman–Crippen MR) is 356 cm³/mol. The number of benzene rings is 10. The Labute approximate surface area is 496 Å². The van der Waals surface area contributed by atoms with Gasteiger partial charge in [0.25, 0.3) is 0 Å². The van der Waals surface area contributed by atoms with Crippen LogP contribution in [0.3, 0.4) is 0 Å². The Hall–Kier alpha value is -10.6. The number of ketones is 3. The van der Waals surface area contributed by atoms with Crippen molar-refractivity contribution < 1.29 is 14.4 Å². The summed E-state index contributed by atoms with van der Waals surface area (Å²) in [6, 6.07) is 77.9. The zero-order valence-electron chi connectivity index (χ0n) is 48.4. The maximum Gasteiger partial charge on any atom is 0.194 e. The van der Waals surface area contributed by atoms with Gasteiger partial charge in [-0.2, -0.15) is 0 Å². The molecule has 7 nitrogen and oxygen atoms in total. The average Bonchev–Trinajstić information content (AvgIpc) is 2.13. The topological polar surface area (TPSA) is 92.0 Å². The van der Waals surface area contributed by atoms with Gasteiger partial charge in [-0.05, 0) is 144 Å². The standard InChI is InChI=1S/C50H30N2O2.C16H17NO.C9H11N.C3H8/c53-49-42-28-22-34(32-19-25-36(26-20-32)52-47-15-7-3-11-39(47)40-12-4-8-16-48(40)52)30-44(42)50(54)41-27-21-33(29-43(41)49)31-17-23-35(24-18-31)51-45-13-5-1-9-37(45)38-10-2-6-14-46(38)51;1-3-7-14(18)8-6-11-17-12-13(2)15-9-4-5-10-16(15)17;1-7(2)8-5-3-4-6-9(8)10;1-3-2/h1-30H;3-6,8-10,12H,1,7,11H2,2H3;3-6H,1,10H2,2H3;3H2,1-2H3/b;8-6+;;. The van der Waals surface area contributed by atoms with Crippen molar-refractivity contribution in [2.75, 3.05) is 5.73 Å². The van der Waals surface area contributed by atoms with E-state index in [2.05, 4.69) is 212 Å². The number of nitrogens with two attached hydrogens (primary N) is 1. The summed E-state index contributed by atoms with van der Waals surface area (Å²) in [7, 11) is 0. The second kappa shape index (κ2) is 24.8. The normalized spacial score (nSPS) is 11.6. The first-order valence-electron chi connectivity index (χ1n) is 28.9. The number of allylic oxidation sites excluding steroid dienone is 4. The van der Waals surface area contributed by atoms with Crippen LogP contribution in [0.4, 0.5) is 5.69 Å². The van der Waals surface area contributed by atoms with Crippen LogP contribution < -0.4 is 5.73 Å². The first-order chi connectivity index (χ1) is 41.5. The van der Waals surface area contributed by atoms with E-state index < -0.39 is 0 Å². The van der Waals surface area contributed by atoms with Gasteiger partial charge in [-0.15, -0.1) is 6.58 Å². The summed E-state index contributed by atoms with van der Waals surface area (Å²) in [5, 5.41) is 6.14. The van der Waals surface area contributed by atoms with Crippen LogP contribution in [0.25, 0.3) is 93.7 Å². The molecule has 1 aliphatic rings. The number of carbonyl (C=O) groups excluding carboxylic acids is 3. The highest BCUT2D eigenvalue weighted by Crippen LogP contribution is 2.37. The van der Waals surface area contributed by atoms with Crippen molar-refractivity contribution in [1.29, 1.82) is 0 Å². The minimum atomic E-state index is -0.128. The Morgan fingerprint density at radius 2 is 0.859 bits per heavy atom. The zero-order chi connectivity index (χ0) is 59.1. The van der Waals surface area contributed by atoms with Crippen molar-refractivity contribution in [3.63, 3.8) is 0 Å². The van der Waals surface area contributed by atoms with Crippen LogP contribution in [0.15, 0.2) is 268 Å². The Balaban J connectivity index is 0.000000198. The summed E-state index contributed by atoms with van der Waals surface area (Å²) in [5.74, 6) is -0.161. The molecule has 10 aromatic carbocycles. The molecule has 0 spiro atoms. The number of fused-ring (bicyclic) bond motifs is 9. The fraction of sp³-hybridized carbons (Fsp3) is 0.0897. The molecule has 0 saturated carbocycles. The van der Waals surface area contributed by atoms with Crippen LogP contribution in [-0.2, 0) is 11.3 Å². The Morgan fingerprint density at radius 1 is 0.482 bits per heavy atom. The van der Waals surface area contributed by atoms with Crippen molar-refractivity contribution >= 4 is 83.1 Å². The van der Waals surface area contributed by atoms with E-state index >= 15 is 0 Å². The van der Waals surface area contributed by atoms with Crippen molar-refractivity contribution in [3.8, 4) is 33.6 Å². The number of hydrogen-bond donors (Lipinski definition) is 1. The number of nitrogens with zero attached hydrogens (tertiary/aromatic N) is 3. The molecule has 14 rings (SSSR count). The van der Waals surface area contributed by atoms with E-state index in [1.807, 2.05) is 85.8 Å². The lowest BCUT2D eigenvalue weighted by Crippen LogP contribution is -2.21. The molecule has 0 bridgehead atoms. The molecule has 3 aromatic heterocycles. The maximum atomic E-state index is 14.0. The van der Waals surface area contributed by atoms with Crippen LogP contribution in [-0.4, -0.2) is 31.1 Å². The van der Waals surface area contributed by atoms with E-state index in [0.717, 1.165) is 79.1 Å². The first-order valence-corrected chi connectivity index (χ1v) is 28.9. The number of carbonyl (C=O) groups is 3. The van der Waals surface area contributed by atoms with Gasteiger partial charge in [0.15, 0.2) is 17.3 Å². The van der Waals surface area contributed by atoms with Gasteiger partial charge in [-0.1, -0.05) is 185 Å². The number of anilines is 1. The molecule has 2 N–H and O–H groups in total. The van der Waals surface area contributed by atoms with Gasteiger partial charge in [0.05, 0.1) is 22.1 Å². The lowest BCUT2D eigenvalue weighted by Gasteiger charge is -2.19. The van der Waals surface area contributed by atoms with Gasteiger partial charge in [-0.3, -0.25) is 14.4 Å². The third-order valence-corrected chi connectivity index (χ3v) is 15.5. The summed E-state index contributed by atoms with van der Waals surface area (Å²) < 4.78 is 6.73. The lowest BCUT2D eigenvalue weighted by atomic mass is 9.81. The maximum absolute atomic E-state index is 14.0. The Kier molecular flexibility index (Phi) is 16.4. The highest BCUT2D eigenvalue weighted by molar-refractivity contribution is 6.29. The monoisotopic (exact) mass is 1110 g/mol. The molecule has 0 unspecified atom stereocenters. The number of para-hydroxylation sites is 6. The van der Waals surface area contributed by atoms with Crippen LogP contribution in [0.2, 0.25) is 0 Å². The van der Waals surface area contributed by atoms with Gasteiger partial charge >= 0.3 is 0 Å². The van der Waals surface area contributed by atoms with Crippen molar-refractivity contribution in [2.45, 2.75) is 47.1 Å². The molecule has 1 aliphatic carbocycles. The average molecular weight is 1110 g/mol. The van der Waals surface area contributed by atoms with E-state index in [4.69, 9.17) is 5.73 Å². The highest BCUT2D eigenvalue weighted by Gasteiger charge is 2.30. The Morgan fingerprint density at radius 3 is 1.26 bits per heavy atom. The molecule has 13 aromatic rings. The first kappa shape index (κ1) is 56.2. The zero-order valence-corrected chi connectivity index (χ0v) is 48.4. The second-order valence-electron chi connectivity index (χ2n) is 21.4. The minimum absolute atomic E-state index is 0.0955. The third kappa shape index (κ3) is 11.2. The third-order valence-electron chi connectivity index (χ3n) is 15.5. The van der Waals surface area contributed by atoms with E-state index in [0.29, 0.717) is 28.7 Å². The molecule has 0 amide bonds. The SMILES string of the molecule is C=C(C)c1ccccc1N.C=CCC(=O)/C=C/Cn1cc(C)c2ccccc21.CCC.O=C1c2ccc(-c3ccc(-n4c5ccccc5c5ccccc54)cc3)cc2C(=O)c2ccc(-c3ccc(-n4c5ccccc5c5ccccc54)cc3)cc21.